The molecule has 0 spiro atoms. The number of aliphatic hydroxyl groups is 1. The first-order chi connectivity index (χ1) is 8.74. The fourth-order valence-electron chi connectivity index (χ4n) is 2.50. The second-order valence-corrected chi connectivity index (χ2v) is 5.79. The number of rotatable bonds is 2. The van der Waals surface area contributed by atoms with Crippen molar-refractivity contribution in [3.05, 3.63) is 17.6 Å². The second kappa shape index (κ2) is 4.74. The number of nitrogens with two attached hydrogens (primary N) is 1. The first-order valence-corrected chi connectivity index (χ1v) is 7.18. The minimum atomic E-state index is -0.125. The maximum Gasteiger partial charge on any atom is 0.0832 e. The van der Waals surface area contributed by atoms with Gasteiger partial charge in [-0.1, -0.05) is 0 Å². The Bertz CT molecular complexity index is 546. The summed E-state index contributed by atoms with van der Waals surface area (Å²) in [4.78, 5) is 4.31. The molecule has 3 rings (SSSR count). The molecule has 0 saturated heterocycles. The second-order valence-electron chi connectivity index (χ2n) is 4.87. The van der Waals surface area contributed by atoms with E-state index in [-0.39, 0.29) is 6.10 Å². The number of hydrogen-bond acceptors (Lipinski definition) is 5. The molecule has 1 aliphatic carbocycles. The van der Waals surface area contributed by atoms with E-state index in [2.05, 4.69) is 10.3 Å². The summed E-state index contributed by atoms with van der Waals surface area (Å²) in [7, 11) is 0. The summed E-state index contributed by atoms with van der Waals surface area (Å²) in [6, 6.07) is 2.42. The van der Waals surface area contributed by atoms with Gasteiger partial charge in [-0.25, -0.2) is 0 Å². The molecule has 0 unspecified atom stereocenters. The van der Waals surface area contributed by atoms with Crippen molar-refractivity contribution in [2.24, 2.45) is 0 Å². The Morgan fingerprint density at radius 1 is 1.33 bits per heavy atom. The molecule has 0 aromatic carbocycles. The predicted octanol–water partition coefficient (Wildman–Crippen LogP) is 2.59. The van der Waals surface area contributed by atoms with Gasteiger partial charge in [-0.3, -0.25) is 4.98 Å². The molecule has 96 valence electrons. The van der Waals surface area contributed by atoms with Crippen LogP contribution in [0.3, 0.4) is 0 Å². The van der Waals surface area contributed by atoms with E-state index in [0.717, 1.165) is 41.6 Å². The van der Waals surface area contributed by atoms with Gasteiger partial charge in [-0.15, -0.1) is 11.3 Å². The number of pyridine rings is 1. The molecule has 0 radical (unpaired) electrons. The lowest BCUT2D eigenvalue weighted by Gasteiger charge is -2.27. The molecular weight excluding hydrogens is 246 g/mol. The van der Waals surface area contributed by atoms with Crippen LogP contribution in [-0.2, 0) is 0 Å². The number of aromatic nitrogens is 1. The van der Waals surface area contributed by atoms with E-state index in [0.29, 0.717) is 11.7 Å². The van der Waals surface area contributed by atoms with E-state index in [1.165, 1.54) is 0 Å². The zero-order chi connectivity index (χ0) is 12.5. The highest BCUT2D eigenvalue weighted by atomic mass is 32.1. The van der Waals surface area contributed by atoms with Crippen LogP contribution < -0.4 is 11.1 Å². The van der Waals surface area contributed by atoms with E-state index < -0.39 is 0 Å². The van der Waals surface area contributed by atoms with Crippen molar-refractivity contribution in [1.29, 1.82) is 0 Å². The first kappa shape index (κ1) is 11.7. The Kier molecular flexibility index (Phi) is 3.09. The predicted molar refractivity (Wildman–Crippen MR) is 75.9 cm³/mol. The lowest BCUT2D eigenvalue weighted by molar-refractivity contribution is 0.126. The van der Waals surface area contributed by atoms with Crippen LogP contribution in [0.2, 0.25) is 0 Å². The fourth-order valence-corrected chi connectivity index (χ4v) is 3.37. The summed E-state index contributed by atoms with van der Waals surface area (Å²) in [5.74, 6) is 0. The van der Waals surface area contributed by atoms with Gasteiger partial charge in [0, 0.05) is 6.04 Å². The average Bonchev–Trinajstić information content (AvgIpc) is 2.84. The summed E-state index contributed by atoms with van der Waals surface area (Å²) in [6.07, 6.45) is 5.33. The van der Waals surface area contributed by atoms with Crippen molar-refractivity contribution in [1.82, 2.24) is 4.98 Å². The van der Waals surface area contributed by atoms with Crippen molar-refractivity contribution in [3.8, 4) is 0 Å². The number of nitrogens with zero attached hydrogens (tertiary/aromatic N) is 1. The number of anilines is 2. The van der Waals surface area contributed by atoms with Crippen molar-refractivity contribution >= 4 is 32.9 Å². The quantitative estimate of drug-likeness (QED) is 0.779. The average molecular weight is 263 g/mol. The molecule has 2 heterocycles. The molecular formula is C13H17N3OS. The van der Waals surface area contributed by atoms with Gasteiger partial charge in [0.15, 0.2) is 0 Å². The summed E-state index contributed by atoms with van der Waals surface area (Å²) in [5, 5.41) is 15.1. The Balaban J connectivity index is 1.85. The van der Waals surface area contributed by atoms with Crippen LogP contribution in [0.1, 0.15) is 25.7 Å². The van der Waals surface area contributed by atoms with Crippen molar-refractivity contribution in [2.45, 2.75) is 37.8 Å². The molecule has 5 heteroatoms. The van der Waals surface area contributed by atoms with E-state index in [9.17, 15) is 5.11 Å². The molecule has 0 bridgehead atoms. The molecule has 4 nitrogen and oxygen atoms in total. The Morgan fingerprint density at radius 3 is 2.89 bits per heavy atom. The van der Waals surface area contributed by atoms with E-state index in [4.69, 9.17) is 5.73 Å². The topological polar surface area (TPSA) is 71.2 Å². The number of hydrogen-bond donors (Lipinski definition) is 3. The van der Waals surface area contributed by atoms with E-state index in [1.807, 2.05) is 11.4 Å². The summed E-state index contributed by atoms with van der Waals surface area (Å²) >= 11 is 1.66. The number of aliphatic hydroxyl groups excluding tert-OH is 1. The standard InChI is InChI=1S/C13H17N3OS/c14-10-7-15-11-5-6-18-13(11)12(10)16-8-1-3-9(17)4-2-8/h5-9,17H,1-4,14H2,(H,15,16)/t8-,9-. The molecule has 2 aromatic heterocycles. The van der Waals surface area contributed by atoms with Crippen LogP contribution >= 0.6 is 11.3 Å². The first-order valence-electron chi connectivity index (χ1n) is 6.30. The lowest BCUT2D eigenvalue weighted by Crippen LogP contribution is -2.28. The number of thiophene rings is 1. The zero-order valence-electron chi connectivity index (χ0n) is 10.1. The van der Waals surface area contributed by atoms with Gasteiger partial charge in [0.05, 0.1) is 33.9 Å². The molecule has 0 amide bonds. The van der Waals surface area contributed by atoms with Gasteiger partial charge in [0.1, 0.15) is 0 Å². The van der Waals surface area contributed by atoms with Gasteiger partial charge in [0.2, 0.25) is 0 Å². The van der Waals surface area contributed by atoms with Crippen LogP contribution in [0, 0.1) is 0 Å². The highest BCUT2D eigenvalue weighted by molar-refractivity contribution is 7.17. The molecule has 1 saturated carbocycles. The van der Waals surface area contributed by atoms with E-state index in [1.54, 1.807) is 17.5 Å². The Hall–Kier alpha value is -1.33. The number of fused-ring (bicyclic) bond motifs is 1. The summed E-state index contributed by atoms with van der Waals surface area (Å²) in [5.41, 5.74) is 8.73. The van der Waals surface area contributed by atoms with Crippen molar-refractivity contribution in [3.63, 3.8) is 0 Å². The molecule has 2 aromatic rings. The summed E-state index contributed by atoms with van der Waals surface area (Å²) < 4.78 is 1.13. The third-order valence-corrected chi connectivity index (χ3v) is 4.47. The van der Waals surface area contributed by atoms with Crippen molar-refractivity contribution < 1.29 is 5.11 Å². The van der Waals surface area contributed by atoms with Gasteiger partial charge >= 0.3 is 0 Å². The van der Waals surface area contributed by atoms with Gasteiger partial charge < -0.3 is 16.2 Å². The molecule has 0 atom stereocenters. The largest absolute Gasteiger partial charge is 0.396 e. The Morgan fingerprint density at radius 2 is 2.11 bits per heavy atom. The molecule has 4 N–H and O–H groups in total. The van der Waals surface area contributed by atoms with E-state index >= 15 is 0 Å². The maximum absolute atomic E-state index is 9.53. The third kappa shape index (κ3) is 2.15. The molecule has 1 fully saturated rings. The molecule has 0 aliphatic heterocycles. The normalized spacial score (nSPS) is 24.3. The van der Waals surface area contributed by atoms with Crippen LogP contribution in [0.15, 0.2) is 17.6 Å². The highest BCUT2D eigenvalue weighted by Gasteiger charge is 2.20. The van der Waals surface area contributed by atoms with Gasteiger partial charge in [-0.05, 0) is 37.1 Å². The fraction of sp³-hybridized carbons (Fsp3) is 0.462. The number of nitrogen functional groups attached to an aromatic ring is 1. The highest BCUT2D eigenvalue weighted by Crippen LogP contribution is 2.34. The smallest absolute Gasteiger partial charge is 0.0832 e. The number of nitrogens with one attached hydrogen (secondary N) is 1. The molecule has 18 heavy (non-hydrogen) atoms. The zero-order valence-corrected chi connectivity index (χ0v) is 10.9. The van der Waals surface area contributed by atoms with Crippen LogP contribution in [0.5, 0.6) is 0 Å². The van der Waals surface area contributed by atoms with Crippen LogP contribution in [-0.4, -0.2) is 22.2 Å². The summed E-state index contributed by atoms with van der Waals surface area (Å²) in [6.45, 7) is 0. The molecule has 1 aliphatic rings. The van der Waals surface area contributed by atoms with Gasteiger partial charge in [0.25, 0.3) is 0 Å². The SMILES string of the molecule is Nc1cnc2ccsc2c1N[C@H]1CC[C@H](O)CC1. The van der Waals surface area contributed by atoms with Gasteiger partial charge in [-0.2, -0.15) is 0 Å². The van der Waals surface area contributed by atoms with Crippen molar-refractivity contribution in [2.75, 3.05) is 11.1 Å². The van der Waals surface area contributed by atoms with Crippen LogP contribution in [0.4, 0.5) is 11.4 Å². The maximum atomic E-state index is 9.53. The monoisotopic (exact) mass is 263 g/mol. The Labute approximate surface area is 110 Å². The van der Waals surface area contributed by atoms with Crippen LogP contribution in [0.25, 0.3) is 10.2 Å². The minimum Gasteiger partial charge on any atom is -0.396 e. The lowest BCUT2D eigenvalue weighted by atomic mass is 9.93. The third-order valence-electron chi connectivity index (χ3n) is 3.55. The minimum absolute atomic E-state index is 0.125.